The molecule has 7 rings (SSSR count). The fourth-order valence-electron chi connectivity index (χ4n) is 7.35. The van der Waals surface area contributed by atoms with Gasteiger partial charge in [0.2, 0.25) is 5.91 Å². The van der Waals surface area contributed by atoms with E-state index in [0.717, 1.165) is 28.8 Å². The van der Waals surface area contributed by atoms with E-state index in [4.69, 9.17) is 0 Å². The molecule has 4 unspecified atom stereocenters. The molecule has 3 heterocycles. The van der Waals surface area contributed by atoms with Gasteiger partial charge in [0.25, 0.3) is 0 Å². The number of carbonyl (C=O) groups is 3. The maximum atomic E-state index is 14.9. The van der Waals surface area contributed by atoms with E-state index in [2.05, 4.69) is 19.2 Å². The van der Waals surface area contributed by atoms with Crippen molar-refractivity contribution in [2.24, 2.45) is 11.8 Å². The third-order valence-electron chi connectivity index (χ3n) is 9.03. The molecule has 42 heavy (non-hydrogen) atoms. The van der Waals surface area contributed by atoms with Crippen LogP contribution in [0.1, 0.15) is 51.3 Å². The highest BCUT2D eigenvalue weighted by molar-refractivity contribution is 6.18. The zero-order chi connectivity index (χ0) is 29.0. The maximum Gasteiger partial charge on any atom is 0.238 e. The number of amides is 1. The highest BCUT2D eigenvalue weighted by Gasteiger charge is 2.70. The van der Waals surface area contributed by atoms with E-state index in [9.17, 15) is 14.4 Å². The first kappa shape index (κ1) is 26.1. The standard InChI is InChI=1S/C37H32N2O3/c1-23(2)22-24-16-18-27(19-17-24)34(40)32-33(35(41)26-11-4-3-5-12-26)39-30-15-9-6-10-25(30)20-21-31(39)37(32)28-13-7-8-14-29(28)38-36(37)42/h3-21,23,31-33H,22H2,1-2H3,(H,38,42). The first-order valence-electron chi connectivity index (χ1n) is 14.6. The van der Waals surface area contributed by atoms with Gasteiger partial charge in [-0.2, -0.15) is 0 Å². The van der Waals surface area contributed by atoms with E-state index in [0.29, 0.717) is 22.7 Å². The summed E-state index contributed by atoms with van der Waals surface area (Å²) in [6.07, 6.45) is 4.93. The molecule has 1 amide bonds. The Morgan fingerprint density at radius 2 is 1.48 bits per heavy atom. The van der Waals surface area contributed by atoms with Crippen molar-refractivity contribution in [3.8, 4) is 0 Å². The lowest BCUT2D eigenvalue weighted by molar-refractivity contribution is -0.121. The summed E-state index contributed by atoms with van der Waals surface area (Å²) in [4.78, 5) is 46.0. The van der Waals surface area contributed by atoms with E-state index in [1.165, 1.54) is 0 Å². The lowest BCUT2D eigenvalue weighted by Gasteiger charge is -2.37. The minimum Gasteiger partial charge on any atom is -0.352 e. The van der Waals surface area contributed by atoms with Gasteiger partial charge in [-0.1, -0.05) is 117 Å². The zero-order valence-corrected chi connectivity index (χ0v) is 23.7. The average Bonchev–Trinajstić information content (AvgIpc) is 3.49. The molecule has 3 aliphatic heterocycles. The van der Waals surface area contributed by atoms with Gasteiger partial charge in [-0.15, -0.1) is 0 Å². The second kappa shape index (κ2) is 9.95. The van der Waals surface area contributed by atoms with Crippen molar-refractivity contribution in [1.29, 1.82) is 0 Å². The number of ketones is 2. The van der Waals surface area contributed by atoms with Crippen LogP contribution in [0.25, 0.3) is 6.08 Å². The van der Waals surface area contributed by atoms with Crippen LogP contribution in [0.5, 0.6) is 0 Å². The van der Waals surface area contributed by atoms with E-state index in [1.54, 1.807) is 12.1 Å². The number of rotatable bonds is 6. The Balaban J connectivity index is 1.48. The summed E-state index contributed by atoms with van der Waals surface area (Å²) in [5, 5.41) is 3.09. The quantitative estimate of drug-likeness (QED) is 0.269. The van der Waals surface area contributed by atoms with E-state index in [-0.39, 0.29) is 17.5 Å². The Kier molecular flexibility index (Phi) is 6.19. The molecule has 5 nitrogen and oxygen atoms in total. The summed E-state index contributed by atoms with van der Waals surface area (Å²) < 4.78 is 0. The molecule has 0 radical (unpaired) electrons. The van der Waals surface area contributed by atoms with Crippen molar-refractivity contribution < 1.29 is 14.4 Å². The summed E-state index contributed by atoms with van der Waals surface area (Å²) in [5.41, 5.74) is 4.11. The second-order valence-electron chi connectivity index (χ2n) is 12.0. The first-order valence-corrected chi connectivity index (χ1v) is 14.6. The number of Topliss-reactive ketones (excluding diaryl/α,β-unsaturated/α-hetero) is 2. The average molecular weight is 553 g/mol. The molecular weight excluding hydrogens is 520 g/mol. The molecule has 0 aromatic heterocycles. The van der Waals surface area contributed by atoms with Crippen LogP contribution in [-0.4, -0.2) is 29.6 Å². The molecule has 1 N–H and O–H groups in total. The summed E-state index contributed by atoms with van der Waals surface area (Å²) in [5.74, 6) is -1.10. The summed E-state index contributed by atoms with van der Waals surface area (Å²) in [6.45, 7) is 4.33. The molecule has 1 spiro atoms. The van der Waals surface area contributed by atoms with Gasteiger partial charge in [0, 0.05) is 22.5 Å². The highest BCUT2D eigenvalue weighted by Crippen LogP contribution is 2.58. The van der Waals surface area contributed by atoms with Crippen LogP contribution in [0.15, 0.2) is 109 Å². The predicted molar refractivity (Wildman–Crippen MR) is 166 cm³/mol. The number of nitrogens with one attached hydrogen (secondary N) is 1. The fourth-order valence-corrected chi connectivity index (χ4v) is 7.35. The number of nitrogens with zero attached hydrogens (tertiary/aromatic N) is 1. The molecule has 5 heteroatoms. The van der Waals surface area contributed by atoms with Crippen molar-refractivity contribution in [2.45, 2.75) is 37.8 Å². The Hall–Kier alpha value is -4.77. The van der Waals surface area contributed by atoms with Gasteiger partial charge >= 0.3 is 0 Å². The smallest absolute Gasteiger partial charge is 0.238 e. The van der Waals surface area contributed by atoms with Crippen LogP contribution in [0.3, 0.4) is 0 Å². The molecule has 0 bridgehead atoms. The van der Waals surface area contributed by atoms with Gasteiger partial charge in [0.05, 0.1) is 12.0 Å². The highest BCUT2D eigenvalue weighted by atomic mass is 16.2. The van der Waals surface area contributed by atoms with Crippen molar-refractivity contribution in [3.05, 3.63) is 137 Å². The van der Waals surface area contributed by atoms with Gasteiger partial charge in [-0.3, -0.25) is 14.4 Å². The van der Waals surface area contributed by atoms with Gasteiger partial charge in [0.15, 0.2) is 11.6 Å². The van der Waals surface area contributed by atoms with Crippen LogP contribution in [0.4, 0.5) is 11.4 Å². The minimum absolute atomic E-state index is 0.172. The number of para-hydroxylation sites is 2. The monoisotopic (exact) mass is 552 g/mol. The third-order valence-corrected chi connectivity index (χ3v) is 9.03. The van der Waals surface area contributed by atoms with Crippen LogP contribution in [-0.2, 0) is 16.6 Å². The molecular formula is C37H32N2O3. The van der Waals surface area contributed by atoms with Crippen LogP contribution in [0, 0.1) is 11.8 Å². The molecule has 4 aromatic rings. The van der Waals surface area contributed by atoms with Crippen LogP contribution >= 0.6 is 0 Å². The number of anilines is 2. The molecule has 1 fully saturated rings. The van der Waals surface area contributed by atoms with Crippen molar-refractivity contribution in [2.75, 3.05) is 10.2 Å². The Morgan fingerprint density at radius 3 is 2.24 bits per heavy atom. The van der Waals surface area contributed by atoms with E-state index < -0.39 is 23.4 Å². The zero-order valence-electron chi connectivity index (χ0n) is 23.7. The van der Waals surface area contributed by atoms with E-state index >= 15 is 0 Å². The summed E-state index contributed by atoms with van der Waals surface area (Å²) in [7, 11) is 0. The first-order chi connectivity index (χ1) is 20.4. The Morgan fingerprint density at radius 1 is 0.810 bits per heavy atom. The van der Waals surface area contributed by atoms with Crippen molar-refractivity contribution >= 4 is 34.9 Å². The predicted octanol–water partition coefficient (Wildman–Crippen LogP) is 6.74. The van der Waals surface area contributed by atoms with Crippen molar-refractivity contribution in [3.63, 3.8) is 0 Å². The van der Waals surface area contributed by atoms with Gasteiger partial charge in [-0.25, -0.2) is 0 Å². The summed E-state index contributed by atoms with van der Waals surface area (Å²) >= 11 is 0. The van der Waals surface area contributed by atoms with Gasteiger partial charge in [-0.05, 0) is 41.2 Å². The van der Waals surface area contributed by atoms with Crippen molar-refractivity contribution in [1.82, 2.24) is 0 Å². The minimum atomic E-state index is -1.30. The lowest BCUT2D eigenvalue weighted by atomic mass is 9.64. The molecule has 4 atom stereocenters. The molecule has 3 aliphatic rings. The second-order valence-corrected chi connectivity index (χ2v) is 12.0. The summed E-state index contributed by atoms with van der Waals surface area (Å²) in [6, 6.07) is 30.9. The van der Waals surface area contributed by atoms with E-state index in [1.807, 2.05) is 108 Å². The molecule has 208 valence electrons. The largest absolute Gasteiger partial charge is 0.352 e. The normalized spacial score (nSPS) is 23.5. The van der Waals surface area contributed by atoms with Crippen LogP contribution in [0.2, 0.25) is 0 Å². The number of carbonyl (C=O) groups excluding carboxylic acids is 3. The van der Waals surface area contributed by atoms with Gasteiger partial charge in [0.1, 0.15) is 11.5 Å². The molecule has 0 saturated carbocycles. The Labute approximate surface area is 245 Å². The molecule has 4 aromatic carbocycles. The maximum absolute atomic E-state index is 14.9. The third kappa shape index (κ3) is 3.80. The lowest BCUT2D eigenvalue weighted by Crippen LogP contribution is -2.51. The molecule has 0 aliphatic carbocycles. The number of fused-ring (bicyclic) bond motifs is 6. The molecule has 1 saturated heterocycles. The van der Waals surface area contributed by atoms with Crippen LogP contribution < -0.4 is 10.2 Å². The Bertz CT molecular complexity index is 1740. The fraction of sp³-hybridized carbons (Fsp3) is 0.216. The number of hydrogen-bond donors (Lipinski definition) is 1. The topological polar surface area (TPSA) is 66.5 Å². The number of benzene rings is 4. The van der Waals surface area contributed by atoms with Gasteiger partial charge < -0.3 is 10.2 Å². The SMILES string of the molecule is CC(C)Cc1ccc(C(=O)C2C(C(=O)c3ccccc3)N3c4ccccc4C=CC3C23C(=O)Nc2ccccc23)cc1. The number of hydrogen-bond acceptors (Lipinski definition) is 4.